The lowest BCUT2D eigenvalue weighted by Crippen LogP contribution is -2.25. The van der Waals surface area contributed by atoms with E-state index >= 15 is 0 Å². The second kappa shape index (κ2) is 6.48. The van der Waals surface area contributed by atoms with E-state index in [1.165, 1.54) is 18.2 Å². The van der Waals surface area contributed by atoms with E-state index in [1.54, 1.807) is 24.3 Å². The van der Waals surface area contributed by atoms with Crippen LogP contribution in [0.25, 0.3) is 0 Å². The van der Waals surface area contributed by atoms with Gasteiger partial charge in [0, 0.05) is 11.6 Å². The average Bonchev–Trinajstić information content (AvgIpc) is 2.41. The van der Waals surface area contributed by atoms with Gasteiger partial charge in [-0.2, -0.15) is 0 Å². The van der Waals surface area contributed by atoms with Crippen LogP contribution in [0.3, 0.4) is 0 Å². The van der Waals surface area contributed by atoms with Crippen molar-refractivity contribution in [1.82, 2.24) is 5.32 Å². The predicted octanol–water partition coefficient (Wildman–Crippen LogP) is 3.56. The zero-order valence-corrected chi connectivity index (χ0v) is 11.2. The zero-order valence-electron chi connectivity index (χ0n) is 11.2. The molecule has 0 aliphatic carbocycles. The largest absolute Gasteiger partial charge is 0.508 e. The van der Waals surface area contributed by atoms with Crippen molar-refractivity contribution in [2.24, 2.45) is 0 Å². The molecule has 2 aromatic carbocycles. The van der Waals surface area contributed by atoms with Crippen LogP contribution in [0.1, 0.15) is 24.1 Å². The molecule has 0 saturated carbocycles. The Balaban J connectivity index is 2.29. The summed E-state index contributed by atoms with van der Waals surface area (Å²) in [5, 5.41) is 12.4. The molecule has 0 saturated heterocycles. The molecule has 1 atom stereocenters. The first-order chi connectivity index (χ1) is 9.61. The van der Waals surface area contributed by atoms with Gasteiger partial charge < -0.3 is 10.4 Å². The van der Waals surface area contributed by atoms with Gasteiger partial charge in [0.15, 0.2) is 0 Å². The maximum absolute atomic E-state index is 13.9. The number of phenolic OH excluding ortho intramolecular Hbond substituents is 1. The van der Waals surface area contributed by atoms with Gasteiger partial charge in [0.05, 0.1) is 0 Å². The van der Waals surface area contributed by atoms with Gasteiger partial charge in [-0.05, 0) is 42.8 Å². The quantitative estimate of drug-likeness (QED) is 0.875. The van der Waals surface area contributed by atoms with Crippen LogP contribution >= 0.6 is 0 Å². The number of nitrogens with one attached hydrogen (secondary N) is 1. The van der Waals surface area contributed by atoms with E-state index < -0.39 is 17.7 Å². The topological polar surface area (TPSA) is 32.3 Å². The molecule has 0 aliphatic rings. The molecule has 4 heteroatoms. The van der Waals surface area contributed by atoms with Gasteiger partial charge in [0.25, 0.3) is 0 Å². The van der Waals surface area contributed by atoms with Crippen LogP contribution in [-0.2, 0) is 6.42 Å². The molecule has 0 fully saturated rings. The number of hydrogen-bond acceptors (Lipinski definition) is 2. The fourth-order valence-corrected chi connectivity index (χ4v) is 2.23. The first-order valence-corrected chi connectivity index (χ1v) is 6.57. The average molecular weight is 277 g/mol. The zero-order chi connectivity index (χ0) is 14.5. The number of aromatic hydroxyl groups is 1. The van der Waals surface area contributed by atoms with Crippen molar-refractivity contribution in [1.29, 1.82) is 0 Å². The Kier molecular flexibility index (Phi) is 4.69. The molecular formula is C16H17F2NO. The highest BCUT2D eigenvalue weighted by molar-refractivity contribution is 5.29. The van der Waals surface area contributed by atoms with E-state index in [9.17, 15) is 13.9 Å². The molecule has 2 aromatic rings. The number of benzene rings is 2. The first kappa shape index (κ1) is 14.5. The fraction of sp³-hybridized carbons (Fsp3) is 0.250. The molecule has 0 bridgehead atoms. The number of hydrogen-bond donors (Lipinski definition) is 2. The smallest absolute Gasteiger partial charge is 0.130 e. The molecule has 2 N–H and O–H groups in total. The van der Waals surface area contributed by atoms with Crippen LogP contribution in [0.15, 0.2) is 42.5 Å². The molecule has 2 nitrogen and oxygen atoms in total. The second-order valence-corrected chi connectivity index (χ2v) is 4.62. The minimum Gasteiger partial charge on any atom is -0.508 e. The van der Waals surface area contributed by atoms with Crippen molar-refractivity contribution in [2.75, 3.05) is 6.54 Å². The minimum absolute atomic E-state index is 0.0578. The Labute approximate surface area is 117 Å². The lowest BCUT2D eigenvalue weighted by Gasteiger charge is -2.19. The van der Waals surface area contributed by atoms with E-state index in [0.29, 0.717) is 13.0 Å². The molecule has 0 spiro atoms. The standard InChI is InChI=1S/C16H17F2NO/c1-2-19-15(10-11-6-8-12(20)9-7-11)16-13(17)4-3-5-14(16)18/h3-9,15,19-20H,2,10H2,1H3. The molecule has 1 unspecified atom stereocenters. The highest BCUT2D eigenvalue weighted by Gasteiger charge is 2.19. The lowest BCUT2D eigenvalue weighted by molar-refractivity contribution is 0.468. The van der Waals surface area contributed by atoms with Crippen LogP contribution in [-0.4, -0.2) is 11.7 Å². The van der Waals surface area contributed by atoms with Crippen molar-refractivity contribution in [3.63, 3.8) is 0 Å². The third-order valence-electron chi connectivity index (χ3n) is 3.17. The van der Waals surface area contributed by atoms with Gasteiger partial charge in [0.2, 0.25) is 0 Å². The van der Waals surface area contributed by atoms with Gasteiger partial charge >= 0.3 is 0 Å². The maximum atomic E-state index is 13.9. The third kappa shape index (κ3) is 3.33. The molecule has 2 rings (SSSR count). The van der Waals surface area contributed by atoms with Gasteiger partial charge in [-0.1, -0.05) is 25.1 Å². The van der Waals surface area contributed by atoms with Gasteiger partial charge in [0.1, 0.15) is 17.4 Å². The Hall–Kier alpha value is -1.94. The molecule has 106 valence electrons. The summed E-state index contributed by atoms with van der Waals surface area (Å²) in [6.07, 6.45) is 0.450. The van der Waals surface area contributed by atoms with Gasteiger partial charge in [-0.3, -0.25) is 0 Å². The summed E-state index contributed by atoms with van der Waals surface area (Å²) in [5.74, 6) is -0.921. The van der Waals surface area contributed by atoms with E-state index in [1.807, 2.05) is 6.92 Å². The summed E-state index contributed by atoms with van der Waals surface area (Å²) in [5.41, 5.74) is 0.957. The summed E-state index contributed by atoms with van der Waals surface area (Å²) in [7, 11) is 0. The van der Waals surface area contributed by atoms with Crippen LogP contribution in [0, 0.1) is 11.6 Å². The Bertz CT molecular complexity index is 549. The van der Waals surface area contributed by atoms with Crippen molar-refractivity contribution >= 4 is 0 Å². The van der Waals surface area contributed by atoms with Crippen molar-refractivity contribution < 1.29 is 13.9 Å². The molecule has 0 radical (unpaired) electrons. The van der Waals surface area contributed by atoms with Gasteiger partial charge in [-0.15, -0.1) is 0 Å². The predicted molar refractivity (Wildman–Crippen MR) is 74.6 cm³/mol. The highest BCUT2D eigenvalue weighted by atomic mass is 19.1. The fourth-order valence-electron chi connectivity index (χ4n) is 2.23. The monoisotopic (exact) mass is 277 g/mol. The molecule has 0 amide bonds. The van der Waals surface area contributed by atoms with Crippen molar-refractivity contribution in [3.8, 4) is 5.75 Å². The van der Waals surface area contributed by atoms with E-state index in [-0.39, 0.29) is 11.3 Å². The van der Waals surface area contributed by atoms with E-state index in [4.69, 9.17) is 0 Å². The number of halogens is 2. The van der Waals surface area contributed by atoms with Gasteiger partial charge in [-0.25, -0.2) is 8.78 Å². The number of phenols is 1. The molecule has 20 heavy (non-hydrogen) atoms. The SMILES string of the molecule is CCNC(Cc1ccc(O)cc1)c1c(F)cccc1F. The lowest BCUT2D eigenvalue weighted by atomic mass is 9.97. The maximum Gasteiger partial charge on any atom is 0.130 e. The van der Waals surface area contributed by atoms with Crippen LogP contribution in [0.2, 0.25) is 0 Å². The van der Waals surface area contributed by atoms with Crippen molar-refractivity contribution in [3.05, 3.63) is 65.2 Å². The second-order valence-electron chi connectivity index (χ2n) is 4.62. The van der Waals surface area contributed by atoms with Crippen molar-refractivity contribution in [2.45, 2.75) is 19.4 Å². The molecule has 0 heterocycles. The van der Waals surface area contributed by atoms with E-state index in [0.717, 1.165) is 5.56 Å². The Morgan fingerprint density at radius 1 is 1.05 bits per heavy atom. The minimum atomic E-state index is -0.547. The molecule has 0 aromatic heterocycles. The van der Waals surface area contributed by atoms with Crippen LogP contribution in [0.5, 0.6) is 5.75 Å². The number of rotatable bonds is 5. The summed E-state index contributed by atoms with van der Waals surface area (Å²) in [6, 6.07) is 10.1. The Morgan fingerprint density at radius 3 is 2.20 bits per heavy atom. The van der Waals surface area contributed by atoms with E-state index in [2.05, 4.69) is 5.32 Å². The summed E-state index contributed by atoms with van der Waals surface area (Å²) < 4.78 is 27.7. The summed E-state index contributed by atoms with van der Waals surface area (Å²) in [6.45, 7) is 2.50. The highest BCUT2D eigenvalue weighted by Crippen LogP contribution is 2.24. The molecular weight excluding hydrogens is 260 g/mol. The Morgan fingerprint density at radius 2 is 1.65 bits per heavy atom. The molecule has 0 aliphatic heterocycles. The summed E-state index contributed by atoms with van der Waals surface area (Å²) in [4.78, 5) is 0. The van der Waals surface area contributed by atoms with Crippen LogP contribution in [0.4, 0.5) is 8.78 Å². The number of likely N-dealkylation sites (N-methyl/N-ethyl adjacent to an activating group) is 1. The first-order valence-electron chi connectivity index (χ1n) is 6.57. The van der Waals surface area contributed by atoms with Crippen LogP contribution < -0.4 is 5.32 Å². The summed E-state index contributed by atoms with van der Waals surface area (Å²) >= 11 is 0. The third-order valence-corrected chi connectivity index (χ3v) is 3.17. The normalized spacial score (nSPS) is 12.3.